The number of sulfonamides is 1. The second-order valence-corrected chi connectivity index (χ2v) is 9.43. The molecule has 2 aromatic carbocycles. The zero-order valence-corrected chi connectivity index (χ0v) is 18.0. The van der Waals surface area contributed by atoms with Gasteiger partial charge < -0.3 is 19.3 Å². The first-order valence-electron chi connectivity index (χ1n) is 9.88. The molecular weight excluding hydrogens is 467 g/mol. The lowest BCUT2D eigenvalue weighted by Crippen LogP contribution is -2.44. The molecule has 33 heavy (non-hydrogen) atoms. The fourth-order valence-electron chi connectivity index (χ4n) is 4.29. The maximum Gasteiger partial charge on any atom is 0.416 e. The minimum absolute atomic E-state index is 0.225. The van der Waals surface area contributed by atoms with Crippen molar-refractivity contribution in [2.75, 3.05) is 13.7 Å². The summed E-state index contributed by atoms with van der Waals surface area (Å²) in [4.78, 5) is 10.5. The average Bonchev–Trinajstić information content (AvgIpc) is 3.28. The van der Waals surface area contributed by atoms with Crippen LogP contribution in [0, 0.1) is 0 Å². The molecule has 0 saturated heterocycles. The molecule has 2 aliphatic rings. The molecule has 1 heterocycles. The number of para-hydroxylation sites is 1. The Hall–Kier alpha value is -2.83. The number of nitrogens with one attached hydrogen (secondary N) is 1. The number of carboxylic acid groups (broad SMARTS) is 1. The Balaban J connectivity index is 1.62. The van der Waals surface area contributed by atoms with Gasteiger partial charge in [-0.25, -0.2) is 17.9 Å². The van der Waals surface area contributed by atoms with Crippen LogP contribution < -0.4 is 14.2 Å². The van der Waals surface area contributed by atoms with Crippen molar-refractivity contribution < 1.29 is 45.7 Å². The van der Waals surface area contributed by atoms with Gasteiger partial charge in [0.05, 0.1) is 22.6 Å². The van der Waals surface area contributed by atoms with Crippen molar-refractivity contribution in [1.82, 2.24) is 4.72 Å². The van der Waals surface area contributed by atoms with Crippen LogP contribution in [0.1, 0.15) is 23.5 Å². The summed E-state index contributed by atoms with van der Waals surface area (Å²) < 4.78 is 83.7. The van der Waals surface area contributed by atoms with E-state index in [1.54, 1.807) is 18.2 Å². The highest BCUT2D eigenvalue weighted by Crippen LogP contribution is 2.51. The fraction of sp³-hybridized carbons (Fsp3) is 0.381. The van der Waals surface area contributed by atoms with Crippen LogP contribution in [0.3, 0.4) is 0 Å². The largest absolute Gasteiger partial charge is 0.485 e. The number of carboxylic acids is 1. The molecule has 0 radical (unpaired) electrons. The molecule has 4 unspecified atom stereocenters. The van der Waals surface area contributed by atoms with E-state index in [0.717, 1.165) is 12.1 Å². The first kappa shape index (κ1) is 23.3. The number of fused-ring (bicyclic) bond motifs is 3. The number of ether oxygens (including phenoxy) is 3. The van der Waals surface area contributed by atoms with Crippen LogP contribution in [-0.4, -0.2) is 51.5 Å². The van der Waals surface area contributed by atoms with Crippen molar-refractivity contribution in [2.45, 2.75) is 41.7 Å². The molecule has 1 aliphatic carbocycles. The molecule has 178 valence electrons. The quantitative estimate of drug-likeness (QED) is 0.618. The van der Waals surface area contributed by atoms with Crippen molar-refractivity contribution in [3.05, 3.63) is 53.6 Å². The summed E-state index contributed by atoms with van der Waals surface area (Å²) in [5, 5.41) is 8.87. The first-order valence-corrected chi connectivity index (χ1v) is 11.4. The normalized spacial score (nSPS) is 24.1. The zero-order chi connectivity index (χ0) is 24.0. The standard InChI is InChI=1S/C21H20F3NO7S/c1-30-16-9-15-18(13-3-2-4-14(20(13)32-15)31-10-17(26)27)19(16)25-33(28,29)12-7-5-11(6-8-12)21(22,23)24/h2-8,15-16,18-19,25H,9-10H2,1H3,(H,26,27). The molecule has 1 fully saturated rings. The van der Waals surface area contributed by atoms with Crippen molar-refractivity contribution >= 4 is 16.0 Å². The van der Waals surface area contributed by atoms with E-state index in [4.69, 9.17) is 19.3 Å². The summed E-state index contributed by atoms with van der Waals surface area (Å²) >= 11 is 0. The Morgan fingerprint density at radius 3 is 2.52 bits per heavy atom. The third kappa shape index (κ3) is 4.50. The molecule has 8 nitrogen and oxygen atoms in total. The molecule has 0 bridgehead atoms. The predicted molar refractivity (Wildman–Crippen MR) is 108 cm³/mol. The van der Waals surface area contributed by atoms with Gasteiger partial charge in [-0.2, -0.15) is 13.2 Å². The summed E-state index contributed by atoms with van der Waals surface area (Å²) in [7, 11) is -2.75. The van der Waals surface area contributed by atoms with E-state index in [-0.39, 0.29) is 10.6 Å². The van der Waals surface area contributed by atoms with Crippen LogP contribution in [0.25, 0.3) is 0 Å². The lowest BCUT2D eigenvalue weighted by Gasteiger charge is -2.24. The van der Waals surface area contributed by atoms with E-state index >= 15 is 0 Å². The second-order valence-electron chi connectivity index (χ2n) is 7.72. The molecular formula is C21H20F3NO7S. The summed E-state index contributed by atoms with van der Waals surface area (Å²) in [6, 6.07) is 7.36. The van der Waals surface area contributed by atoms with Crippen LogP contribution in [0.5, 0.6) is 11.5 Å². The van der Waals surface area contributed by atoms with E-state index in [1.165, 1.54) is 7.11 Å². The average molecular weight is 487 g/mol. The van der Waals surface area contributed by atoms with Gasteiger partial charge in [0.15, 0.2) is 18.1 Å². The van der Waals surface area contributed by atoms with Gasteiger partial charge in [0.25, 0.3) is 0 Å². The van der Waals surface area contributed by atoms with E-state index in [0.29, 0.717) is 29.9 Å². The molecule has 1 saturated carbocycles. The van der Waals surface area contributed by atoms with Gasteiger partial charge in [0, 0.05) is 25.0 Å². The SMILES string of the molecule is COC1CC2Oc3c(OCC(=O)O)cccc3C2C1NS(=O)(=O)c1ccc(C(F)(F)F)cc1. The topological polar surface area (TPSA) is 111 Å². The predicted octanol–water partition coefficient (Wildman–Crippen LogP) is 2.78. The highest BCUT2D eigenvalue weighted by Gasteiger charge is 2.52. The van der Waals surface area contributed by atoms with Gasteiger partial charge in [0.1, 0.15) is 6.10 Å². The molecule has 0 aromatic heterocycles. The van der Waals surface area contributed by atoms with Gasteiger partial charge in [-0.15, -0.1) is 0 Å². The van der Waals surface area contributed by atoms with Crippen LogP contribution in [0.15, 0.2) is 47.4 Å². The van der Waals surface area contributed by atoms with Gasteiger partial charge >= 0.3 is 12.1 Å². The van der Waals surface area contributed by atoms with Crippen molar-refractivity contribution in [3.8, 4) is 11.5 Å². The van der Waals surface area contributed by atoms with E-state index in [2.05, 4.69) is 4.72 Å². The van der Waals surface area contributed by atoms with Gasteiger partial charge in [-0.3, -0.25) is 0 Å². The zero-order valence-electron chi connectivity index (χ0n) is 17.2. The third-order valence-corrected chi connectivity index (χ3v) is 7.20. The minimum Gasteiger partial charge on any atom is -0.485 e. The van der Waals surface area contributed by atoms with Crippen molar-refractivity contribution in [2.24, 2.45) is 0 Å². The van der Waals surface area contributed by atoms with E-state index < -0.39 is 58.5 Å². The molecule has 0 spiro atoms. The minimum atomic E-state index is -4.58. The first-order chi connectivity index (χ1) is 15.5. The number of halogens is 3. The molecule has 1 aliphatic heterocycles. The lowest BCUT2D eigenvalue weighted by atomic mass is 9.94. The van der Waals surface area contributed by atoms with Crippen LogP contribution in [0.4, 0.5) is 13.2 Å². The Bertz CT molecular complexity index is 1150. The number of methoxy groups -OCH3 is 1. The monoisotopic (exact) mass is 487 g/mol. The maximum atomic E-state index is 13.0. The number of benzene rings is 2. The Morgan fingerprint density at radius 2 is 1.91 bits per heavy atom. The number of hydrogen-bond donors (Lipinski definition) is 2. The van der Waals surface area contributed by atoms with E-state index in [9.17, 15) is 26.4 Å². The molecule has 2 N–H and O–H groups in total. The highest BCUT2D eigenvalue weighted by atomic mass is 32.2. The number of hydrogen-bond acceptors (Lipinski definition) is 6. The maximum absolute atomic E-state index is 13.0. The van der Waals surface area contributed by atoms with Gasteiger partial charge in [-0.05, 0) is 30.3 Å². The number of aliphatic carboxylic acids is 1. The summed E-state index contributed by atoms with van der Waals surface area (Å²) in [5.41, 5.74) is -0.327. The third-order valence-electron chi connectivity index (χ3n) is 5.73. The van der Waals surface area contributed by atoms with Gasteiger partial charge in [0.2, 0.25) is 10.0 Å². The Morgan fingerprint density at radius 1 is 1.21 bits per heavy atom. The fourth-order valence-corrected chi connectivity index (χ4v) is 5.58. The molecule has 2 aromatic rings. The second kappa shape index (κ2) is 8.50. The number of rotatable bonds is 7. The van der Waals surface area contributed by atoms with Gasteiger partial charge in [-0.1, -0.05) is 12.1 Å². The number of alkyl halides is 3. The van der Waals surface area contributed by atoms with E-state index in [1.807, 2.05) is 0 Å². The number of carbonyl (C=O) groups is 1. The Kier molecular flexibility index (Phi) is 6.01. The van der Waals surface area contributed by atoms with Crippen LogP contribution in [0.2, 0.25) is 0 Å². The lowest BCUT2D eigenvalue weighted by molar-refractivity contribution is -0.139. The van der Waals surface area contributed by atoms with Crippen LogP contribution >= 0.6 is 0 Å². The van der Waals surface area contributed by atoms with Crippen molar-refractivity contribution in [1.29, 1.82) is 0 Å². The smallest absolute Gasteiger partial charge is 0.416 e. The Labute approximate surface area is 187 Å². The molecule has 0 amide bonds. The molecule has 4 rings (SSSR count). The highest BCUT2D eigenvalue weighted by molar-refractivity contribution is 7.89. The summed E-state index contributed by atoms with van der Waals surface area (Å²) in [5.74, 6) is -1.07. The molecule has 12 heteroatoms. The van der Waals surface area contributed by atoms with Crippen LogP contribution in [-0.2, 0) is 25.7 Å². The van der Waals surface area contributed by atoms with Crippen molar-refractivity contribution in [3.63, 3.8) is 0 Å². The summed E-state index contributed by atoms with van der Waals surface area (Å²) in [6.07, 6.45) is -5.25. The summed E-state index contributed by atoms with van der Waals surface area (Å²) in [6.45, 7) is -0.570. The molecule has 4 atom stereocenters.